The number of anilines is 1. The number of alkyl halides is 3. The van der Waals surface area contributed by atoms with Gasteiger partial charge in [0.25, 0.3) is 0 Å². The number of nitrogens with zero attached hydrogens (tertiary/aromatic N) is 1. The van der Waals surface area contributed by atoms with E-state index in [2.05, 4.69) is 5.48 Å². The van der Waals surface area contributed by atoms with Crippen molar-refractivity contribution in [3.05, 3.63) is 60.2 Å². The van der Waals surface area contributed by atoms with Crippen molar-refractivity contribution in [1.29, 1.82) is 0 Å². The molecule has 116 valence electrons. The third-order valence-corrected chi connectivity index (χ3v) is 2.87. The van der Waals surface area contributed by atoms with Crippen LogP contribution >= 0.6 is 0 Å². The predicted octanol–water partition coefficient (Wildman–Crippen LogP) is 3.85. The Kier molecular flexibility index (Phi) is 4.55. The van der Waals surface area contributed by atoms with Crippen LogP contribution in [0.4, 0.5) is 23.7 Å². The number of hydrogen-bond donors (Lipinski definition) is 1. The van der Waals surface area contributed by atoms with Gasteiger partial charge in [-0.25, -0.2) is 4.79 Å². The highest BCUT2D eigenvalue weighted by molar-refractivity contribution is 5.90. The van der Waals surface area contributed by atoms with Gasteiger partial charge in [0.15, 0.2) is 5.75 Å². The van der Waals surface area contributed by atoms with Gasteiger partial charge >= 0.3 is 12.2 Å². The lowest BCUT2D eigenvalue weighted by Gasteiger charge is -2.18. The molecule has 2 aromatic rings. The maximum Gasteiger partial charge on any atom is 0.416 e. The van der Waals surface area contributed by atoms with E-state index in [4.69, 9.17) is 4.84 Å². The van der Waals surface area contributed by atoms with E-state index in [1.807, 2.05) is 0 Å². The van der Waals surface area contributed by atoms with Crippen LogP contribution in [0.1, 0.15) is 5.56 Å². The molecule has 4 nitrogen and oxygen atoms in total. The summed E-state index contributed by atoms with van der Waals surface area (Å²) in [6, 6.07) is 12.4. The molecule has 0 saturated heterocycles. The number of carbonyl (C=O) groups is 1. The van der Waals surface area contributed by atoms with Crippen molar-refractivity contribution in [2.75, 3.05) is 11.9 Å². The van der Waals surface area contributed by atoms with Gasteiger partial charge in [-0.3, -0.25) is 4.90 Å². The Morgan fingerprint density at radius 1 is 1.09 bits per heavy atom. The summed E-state index contributed by atoms with van der Waals surface area (Å²) in [5, 5.41) is 0. The van der Waals surface area contributed by atoms with Gasteiger partial charge in [0.2, 0.25) is 0 Å². The molecule has 0 heterocycles. The Morgan fingerprint density at radius 3 is 2.41 bits per heavy atom. The van der Waals surface area contributed by atoms with Crippen molar-refractivity contribution < 1.29 is 22.8 Å². The highest BCUT2D eigenvalue weighted by Gasteiger charge is 2.30. The first kappa shape index (κ1) is 15.7. The SMILES string of the molecule is CN(C(=O)NOc1cccc(C(F)(F)F)c1)c1ccccc1. The summed E-state index contributed by atoms with van der Waals surface area (Å²) in [6.07, 6.45) is -4.47. The first-order valence-electron chi connectivity index (χ1n) is 6.31. The molecular formula is C15H13F3N2O2. The summed E-state index contributed by atoms with van der Waals surface area (Å²) < 4.78 is 37.7. The highest BCUT2D eigenvalue weighted by atomic mass is 19.4. The molecule has 0 aromatic heterocycles. The lowest BCUT2D eigenvalue weighted by molar-refractivity contribution is -0.137. The number of hydroxylamine groups is 1. The number of para-hydroxylation sites is 1. The van der Waals surface area contributed by atoms with Crippen molar-refractivity contribution in [1.82, 2.24) is 5.48 Å². The molecule has 0 bridgehead atoms. The summed E-state index contributed by atoms with van der Waals surface area (Å²) in [5.41, 5.74) is 1.86. The third kappa shape index (κ3) is 3.91. The molecule has 0 radical (unpaired) electrons. The molecule has 0 saturated carbocycles. The standard InChI is InChI=1S/C15H13F3N2O2/c1-20(12-7-3-2-4-8-12)14(21)19-22-13-9-5-6-11(10-13)15(16,17)18/h2-10H,1H3,(H,19,21). The number of amides is 2. The Bertz CT molecular complexity index is 645. The molecule has 0 atom stereocenters. The Hall–Kier alpha value is -2.70. The molecule has 0 unspecified atom stereocenters. The first-order valence-corrected chi connectivity index (χ1v) is 6.31. The molecule has 0 spiro atoms. The minimum atomic E-state index is -4.47. The van der Waals surface area contributed by atoms with Gasteiger partial charge in [0.1, 0.15) is 0 Å². The second-order valence-electron chi connectivity index (χ2n) is 4.43. The van der Waals surface area contributed by atoms with E-state index < -0.39 is 17.8 Å². The number of urea groups is 1. The lowest BCUT2D eigenvalue weighted by Crippen LogP contribution is -2.39. The van der Waals surface area contributed by atoms with Gasteiger partial charge in [-0.15, -0.1) is 0 Å². The van der Waals surface area contributed by atoms with Gasteiger partial charge in [0, 0.05) is 12.7 Å². The number of benzene rings is 2. The van der Waals surface area contributed by atoms with E-state index in [-0.39, 0.29) is 5.75 Å². The molecule has 2 aromatic carbocycles. The summed E-state index contributed by atoms with van der Waals surface area (Å²) >= 11 is 0. The molecule has 0 aliphatic carbocycles. The maximum absolute atomic E-state index is 12.6. The Morgan fingerprint density at radius 2 is 1.77 bits per heavy atom. The fourth-order valence-corrected chi connectivity index (χ4v) is 1.68. The number of hydrogen-bond acceptors (Lipinski definition) is 2. The summed E-state index contributed by atoms with van der Waals surface area (Å²) in [4.78, 5) is 18.0. The molecule has 22 heavy (non-hydrogen) atoms. The molecule has 0 aliphatic rings. The summed E-state index contributed by atoms with van der Waals surface area (Å²) in [6.45, 7) is 0. The van der Waals surface area contributed by atoms with Crippen molar-refractivity contribution in [3.8, 4) is 5.75 Å². The van der Waals surface area contributed by atoms with Crippen LogP contribution in [0.5, 0.6) is 5.75 Å². The van der Waals surface area contributed by atoms with Crippen LogP contribution in [0.25, 0.3) is 0 Å². The minimum absolute atomic E-state index is 0.107. The van der Waals surface area contributed by atoms with Crippen molar-refractivity contribution in [2.24, 2.45) is 0 Å². The number of nitrogens with one attached hydrogen (secondary N) is 1. The number of halogens is 3. The molecule has 2 rings (SSSR count). The van der Waals surface area contributed by atoms with Crippen LogP contribution in [0.3, 0.4) is 0 Å². The molecule has 0 fully saturated rings. The third-order valence-electron chi connectivity index (χ3n) is 2.87. The zero-order valence-corrected chi connectivity index (χ0v) is 11.6. The molecule has 2 amide bonds. The van der Waals surface area contributed by atoms with Crippen LogP contribution in [0.2, 0.25) is 0 Å². The zero-order valence-electron chi connectivity index (χ0n) is 11.6. The fraction of sp³-hybridized carbons (Fsp3) is 0.133. The van der Waals surface area contributed by atoms with Gasteiger partial charge in [-0.05, 0) is 30.3 Å². The molecule has 0 aliphatic heterocycles. The number of rotatable bonds is 3. The second-order valence-corrected chi connectivity index (χ2v) is 4.43. The van der Waals surface area contributed by atoms with E-state index in [1.54, 1.807) is 30.3 Å². The zero-order chi connectivity index (χ0) is 16.2. The Labute approximate surface area is 125 Å². The average molecular weight is 310 g/mol. The van der Waals surface area contributed by atoms with Crippen LogP contribution < -0.4 is 15.2 Å². The van der Waals surface area contributed by atoms with Crippen LogP contribution in [-0.2, 0) is 6.18 Å². The quantitative estimate of drug-likeness (QED) is 0.875. The van der Waals surface area contributed by atoms with Gasteiger partial charge in [-0.1, -0.05) is 24.3 Å². The van der Waals surface area contributed by atoms with Crippen molar-refractivity contribution >= 4 is 11.7 Å². The summed E-state index contributed by atoms with van der Waals surface area (Å²) in [5.74, 6) is -0.107. The highest BCUT2D eigenvalue weighted by Crippen LogP contribution is 2.31. The first-order chi connectivity index (χ1) is 10.4. The van der Waals surface area contributed by atoms with Gasteiger partial charge < -0.3 is 4.84 Å². The summed E-state index contributed by atoms with van der Waals surface area (Å²) in [7, 11) is 1.51. The van der Waals surface area contributed by atoms with E-state index >= 15 is 0 Å². The minimum Gasteiger partial charge on any atom is -0.378 e. The molecular weight excluding hydrogens is 297 g/mol. The fourth-order valence-electron chi connectivity index (χ4n) is 1.68. The predicted molar refractivity (Wildman–Crippen MR) is 75.4 cm³/mol. The second kappa shape index (κ2) is 6.38. The van der Waals surface area contributed by atoms with Crippen LogP contribution in [0, 0.1) is 0 Å². The van der Waals surface area contributed by atoms with E-state index in [9.17, 15) is 18.0 Å². The van der Waals surface area contributed by atoms with Gasteiger partial charge in [0.05, 0.1) is 5.56 Å². The molecule has 7 heteroatoms. The number of carbonyl (C=O) groups excluding carboxylic acids is 1. The van der Waals surface area contributed by atoms with E-state index in [0.29, 0.717) is 5.69 Å². The van der Waals surface area contributed by atoms with Crippen molar-refractivity contribution in [2.45, 2.75) is 6.18 Å². The maximum atomic E-state index is 12.6. The van der Waals surface area contributed by atoms with Crippen molar-refractivity contribution in [3.63, 3.8) is 0 Å². The largest absolute Gasteiger partial charge is 0.416 e. The van der Waals surface area contributed by atoms with Crippen LogP contribution in [0.15, 0.2) is 54.6 Å². The topological polar surface area (TPSA) is 41.6 Å². The van der Waals surface area contributed by atoms with E-state index in [0.717, 1.165) is 12.1 Å². The Balaban J connectivity index is 2.00. The van der Waals surface area contributed by atoms with E-state index in [1.165, 1.54) is 24.1 Å². The normalized spacial score (nSPS) is 10.9. The van der Waals surface area contributed by atoms with Gasteiger partial charge in [-0.2, -0.15) is 18.7 Å². The lowest BCUT2D eigenvalue weighted by atomic mass is 10.2. The molecule has 1 N–H and O–H groups in total. The smallest absolute Gasteiger partial charge is 0.378 e. The monoisotopic (exact) mass is 310 g/mol. The van der Waals surface area contributed by atoms with Crippen LogP contribution in [-0.4, -0.2) is 13.1 Å². The average Bonchev–Trinajstić information content (AvgIpc) is 2.52.